The number of carbonyl (C=O) groups is 1. The number of thioether (sulfide) groups is 1. The molecular formula is C19H18F5N3O5S2. The minimum atomic E-state index is -4.72. The van der Waals surface area contributed by atoms with Gasteiger partial charge in [0.2, 0.25) is 11.7 Å². The molecule has 3 atom stereocenters. The number of rotatable bonds is 6. The number of halogens is 5. The summed E-state index contributed by atoms with van der Waals surface area (Å²) >= 11 is 0.318. The summed E-state index contributed by atoms with van der Waals surface area (Å²) in [5, 5.41) is 0.964. The van der Waals surface area contributed by atoms with Gasteiger partial charge in [-0.15, -0.1) is 11.8 Å². The van der Waals surface area contributed by atoms with Crippen LogP contribution in [0.5, 0.6) is 5.75 Å². The zero-order valence-electron chi connectivity index (χ0n) is 17.5. The van der Waals surface area contributed by atoms with Crippen molar-refractivity contribution in [3.8, 4) is 5.75 Å². The molecule has 186 valence electrons. The van der Waals surface area contributed by atoms with Crippen LogP contribution in [0.3, 0.4) is 0 Å². The van der Waals surface area contributed by atoms with E-state index in [1.165, 1.54) is 6.07 Å². The number of amides is 1. The molecule has 0 spiro atoms. The Bertz CT molecular complexity index is 1210. The van der Waals surface area contributed by atoms with Crippen molar-refractivity contribution in [1.29, 1.82) is 0 Å². The van der Waals surface area contributed by atoms with Crippen LogP contribution in [0.2, 0.25) is 0 Å². The van der Waals surface area contributed by atoms with E-state index in [1.54, 1.807) is 4.72 Å². The third-order valence-electron chi connectivity index (χ3n) is 5.17. The molecule has 3 rings (SSSR count). The van der Waals surface area contributed by atoms with E-state index in [0.29, 0.717) is 11.8 Å². The normalized spacial score (nSPS) is 22.9. The Kier molecular flexibility index (Phi) is 7.01. The molecule has 0 aliphatic carbocycles. The molecule has 1 amide bonds. The van der Waals surface area contributed by atoms with Gasteiger partial charge in [-0.05, 0) is 25.5 Å². The van der Waals surface area contributed by atoms with Gasteiger partial charge in [0.1, 0.15) is 10.6 Å². The molecule has 1 aliphatic heterocycles. The molecule has 0 bridgehead atoms. The van der Waals surface area contributed by atoms with Crippen molar-refractivity contribution < 1.29 is 44.5 Å². The first-order valence-electron chi connectivity index (χ1n) is 9.44. The lowest BCUT2D eigenvalue weighted by atomic mass is 9.85. The van der Waals surface area contributed by atoms with E-state index in [-0.39, 0.29) is 17.1 Å². The monoisotopic (exact) mass is 527 g/mol. The second-order valence-corrected chi connectivity index (χ2v) is 10.4. The summed E-state index contributed by atoms with van der Waals surface area (Å²) in [5.41, 5.74) is -0.145. The molecule has 1 aromatic heterocycles. The first kappa shape index (κ1) is 26.0. The Morgan fingerprint density at radius 3 is 2.56 bits per heavy atom. The number of anilines is 2. The summed E-state index contributed by atoms with van der Waals surface area (Å²) < 4.78 is 104. The molecule has 34 heavy (non-hydrogen) atoms. The molecule has 1 fully saturated rings. The van der Waals surface area contributed by atoms with Crippen molar-refractivity contribution in [2.24, 2.45) is 0 Å². The number of hydrogen-bond acceptors (Lipinski definition) is 6. The first-order chi connectivity index (χ1) is 15.6. The fraction of sp³-hybridized carbons (Fsp3) is 0.368. The second kappa shape index (κ2) is 9.19. The van der Waals surface area contributed by atoms with Crippen LogP contribution in [0, 0.1) is 11.6 Å². The Hall–Kier alpha value is -2.65. The third-order valence-corrected chi connectivity index (χ3v) is 7.35. The summed E-state index contributed by atoms with van der Waals surface area (Å²) in [6, 6.07) is 4.09. The van der Waals surface area contributed by atoms with Gasteiger partial charge in [-0.3, -0.25) is 9.35 Å². The minimum Gasteiger partial charge on any atom is -0.493 e. The lowest BCUT2D eigenvalue weighted by molar-refractivity contribution is -0.155. The molecule has 0 saturated carbocycles. The van der Waals surface area contributed by atoms with Gasteiger partial charge in [0.15, 0.2) is 11.6 Å². The SMILES string of the molecule is COc1c([C@@H]2C[C@](C)(C(F)(F)F)S[C@H]2C(=O)Nc2ccnc(NS(=O)(=O)O)c2)ccc(F)c1F. The maximum Gasteiger partial charge on any atom is 0.403 e. The van der Waals surface area contributed by atoms with Gasteiger partial charge in [-0.1, -0.05) is 6.07 Å². The molecule has 3 N–H and O–H groups in total. The smallest absolute Gasteiger partial charge is 0.403 e. The van der Waals surface area contributed by atoms with Crippen LogP contribution >= 0.6 is 11.8 Å². The lowest BCUT2D eigenvalue weighted by Crippen LogP contribution is -2.37. The molecule has 1 aromatic carbocycles. The molecule has 1 aliphatic rings. The van der Waals surface area contributed by atoms with Gasteiger partial charge in [0, 0.05) is 29.4 Å². The summed E-state index contributed by atoms with van der Waals surface area (Å²) in [6.07, 6.45) is -4.26. The summed E-state index contributed by atoms with van der Waals surface area (Å²) in [6.45, 7) is 0.908. The summed E-state index contributed by atoms with van der Waals surface area (Å²) in [5.74, 6) is -5.73. The highest BCUT2D eigenvalue weighted by Gasteiger charge is 2.60. The van der Waals surface area contributed by atoms with E-state index >= 15 is 0 Å². The lowest BCUT2D eigenvalue weighted by Gasteiger charge is -2.26. The van der Waals surface area contributed by atoms with Crippen LogP contribution in [0.15, 0.2) is 30.5 Å². The van der Waals surface area contributed by atoms with Gasteiger partial charge in [0.25, 0.3) is 0 Å². The number of benzene rings is 1. The average molecular weight is 527 g/mol. The number of hydrogen-bond donors (Lipinski definition) is 3. The van der Waals surface area contributed by atoms with Crippen LogP contribution < -0.4 is 14.8 Å². The highest BCUT2D eigenvalue weighted by Crippen LogP contribution is 2.59. The maximum absolute atomic E-state index is 14.3. The highest BCUT2D eigenvalue weighted by molar-refractivity contribution is 8.02. The Balaban J connectivity index is 1.98. The Labute approximate surface area is 195 Å². The molecule has 8 nitrogen and oxygen atoms in total. The number of ether oxygens (including phenoxy) is 1. The van der Waals surface area contributed by atoms with Crippen LogP contribution in [-0.2, 0) is 15.1 Å². The van der Waals surface area contributed by atoms with Gasteiger partial charge in [-0.2, -0.15) is 26.0 Å². The highest BCUT2D eigenvalue weighted by atomic mass is 32.2. The topological polar surface area (TPSA) is 118 Å². The molecule has 1 saturated heterocycles. The third kappa shape index (κ3) is 5.36. The minimum absolute atomic E-state index is 0.0386. The average Bonchev–Trinajstić information content (AvgIpc) is 3.08. The van der Waals surface area contributed by atoms with Gasteiger partial charge >= 0.3 is 16.5 Å². The van der Waals surface area contributed by atoms with Gasteiger partial charge in [-0.25, -0.2) is 14.1 Å². The number of nitrogens with one attached hydrogen (secondary N) is 2. The number of methoxy groups -OCH3 is 1. The molecular weight excluding hydrogens is 509 g/mol. The van der Waals surface area contributed by atoms with Gasteiger partial charge < -0.3 is 10.1 Å². The second-order valence-electron chi connectivity index (χ2n) is 7.56. The molecule has 15 heteroatoms. The van der Waals surface area contributed by atoms with E-state index in [9.17, 15) is 35.2 Å². The van der Waals surface area contributed by atoms with Gasteiger partial charge in [0.05, 0.1) is 12.4 Å². The zero-order chi connectivity index (χ0) is 25.5. The predicted molar refractivity (Wildman–Crippen MR) is 114 cm³/mol. The Morgan fingerprint density at radius 1 is 1.29 bits per heavy atom. The quantitative estimate of drug-likeness (QED) is 0.382. The van der Waals surface area contributed by atoms with Crippen molar-refractivity contribution in [2.45, 2.75) is 35.4 Å². The van der Waals surface area contributed by atoms with Crippen LogP contribution in [0.25, 0.3) is 0 Å². The fourth-order valence-corrected chi connectivity index (χ4v) is 5.50. The van der Waals surface area contributed by atoms with E-state index < -0.39 is 62.1 Å². The van der Waals surface area contributed by atoms with E-state index in [4.69, 9.17) is 9.29 Å². The van der Waals surface area contributed by atoms with Crippen molar-refractivity contribution >= 4 is 39.5 Å². The van der Waals surface area contributed by atoms with Crippen molar-refractivity contribution in [3.63, 3.8) is 0 Å². The number of nitrogens with zero attached hydrogens (tertiary/aromatic N) is 1. The summed E-state index contributed by atoms with van der Waals surface area (Å²) in [7, 11) is -3.63. The van der Waals surface area contributed by atoms with E-state index in [0.717, 1.165) is 38.4 Å². The maximum atomic E-state index is 14.3. The van der Waals surface area contributed by atoms with E-state index in [2.05, 4.69) is 10.3 Å². The van der Waals surface area contributed by atoms with Crippen LogP contribution in [-0.4, -0.2) is 47.1 Å². The standard InChI is InChI=1S/C19H18F5N3O5S2/c1-18(19(22,23)24)8-11(10-3-4-12(20)14(21)15(10)32-2)16(33-18)17(28)26-9-5-6-25-13(7-9)27-34(29,30)31/h3-7,11,16H,8H2,1-2H3,(H,29,30,31)(H2,25,26,27,28)/t11-,16+,18+/m0/s1. The molecule has 0 radical (unpaired) electrons. The van der Waals surface area contributed by atoms with Crippen LogP contribution in [0.1, 0.15) is 24.8 Å². The number of aromatic nitrogens is 1. The first-order valence-corrected chi connectivity index (χ1v) is 11.8. The van der Waals surface area contributed by atoms with Crippen LogP contribution in [0.4, 0.5) is 33.5 Å². The van der Waals surface area contributed by atoms with E-state index in [1.807, 2.05) is 0 Å². The molecule has 2 heterocycles. The Morgan fingerprint density at radius 2 is 1.97 bits per heavy atom. The van der Waals surface area contributed by atoms with Crippen molar-refractivity contribution in [1.82, 2.24) is 4.98 Å². The fourth-order valence-electron chi connectivity index (χ4n) is 3.59. The molecule has 2 aromatic rings. The predicted octanol–water partition coefficient (Wildman–Crippen LogP) is 4.13. The number of pyridine rings is 1. The zero-order valence-corrected chi connectivity index (χ0v) is 19.1. The summed E-state index contributed by atoms with van der Waals surface area (Å²) in [4.78, 5) is 16.7. The van der Waals surface area contributed by atoms with Crippen molar-refractivity contribution in [3.05, 3.63) is 47.7 Å². The number of alkyl halides is 3. The largest absolute Gasteiger partial charge is 0.493 e. The number of carbonyl (C=O) groups excluding carboxylic acids is 1. The molecule has 0 unspecified atom stereocenters. The van der Waals surface area contributed by atoms with Crippen molar-refractivity contribution in [2.75, 3.05) is 17.1 Å².